The average molecular weight is 477 g/mol. The summed E-state index contributed by atoms with van der Waals surface area (Å²) in [6.45, 7) is 0.629. The number of carbonyl (C=O) groups is 1. The number of anilines is 1. The third-order valence-electron chi connectivity index (χ3n) is 4.31. The lowest BCUT2D eigenvalue weighted by Crippen LogP contribution is -2.12. The Morgan fingerprint density at radius 2 is 1.77 bits per heavy atom. The number of amides is 1. The zero-order chi connectivity index (χ0) is 21.8. The largest absolute Gasteiger partial charge is 0.486 e. The number of hydrogen-bond donors (Lipinski definition) is 1. The molecule has 4 aromatic rings. The zero-order valence-electron chi connectivity index (χ0n) is 16.0. The second-order valence-corrected chi connectivity index (χ2v) is 7.88. The van der Waals surface area contributed by atoms with Crippen LogP contribution in [0.5, 0.6) is 5.75 Å². The van der Waals surface area contributed by atoms with Gasteiger partial charge in [-0.15, -0.1) is 0 Å². The first-order chi connectivity index (χ1) is 15.0. The molecule has 9 heteroatoms. The van der Waals surface area contributed by atoms with Crippen molar-refractivity contribution in [1.29, 1.82) is 0 Å². The van der Waals surface area contributed by atoms with Gasteiger partial charge in [0.1, 0.15) is 18.1 Å². The topological polar surface area (TPSA) is 69.3 Å². The van der Waals surface area contributed by atoms with Crippen LogP contribution in [0.2, 0.25) is 15.1 Å². The van der Waals surface area contributed by atoms with Crippen molar-refractivity contribution in [1.82, 2.24) is 9.78 Å². The monoisotopic (exact) mass is 475 g/mol. The predicted molar refractivity (Wildman–Crippen MR) is 120 cm³/mol. The predicted octanol–water partition coefficient (Wildman–Crippen LogP) is 6.32. The molecule has 0 fully saturated rings. The second-order valence-electron chi connectivity index (χ2n) is 6.60. The average Bonchev–Trinajstić information content (AvgIpc) is 3.39. The molecule has 2 heterocycles. The van der Waals surface area contributed by atoms with Gasteiger partial charge in [-0.1, -0.05) is 40.9 Å². The van der Waals surface area contributed by atoms with Crippen molar-refractivity contribution in [2.24, 2.45) is 0 Å². The summed E-state index contributed by atoms with van der Waals surface area (Å²) < 4.78 is 12.8. The summed E-state index contributed by atoms with van der Waals surface area (Å²) in [5.41, 5.74) is 0.864. The van der Waals surface area contributed by atoms with Crippen molar-refractivity contribution in [3.05, 3.63) is 99.0 Å². The molecule has 0 atom stereocenters. The maximum absolute atomic E-state index is 12.5. The fourth-order valence-electron chi connectivity index (χ4n) is 2.78. The normalized spacial score (nSPS) is 10.8. The first-order valence-electron chi connectivity index (χ1n) is 9.22. The lowest BCUT2D eigenvalue weighted by molar-refractivity contribution is 0.0992. The maximum Gasteiger partial charge on any atom is 0.292 e. The molecule has 0 spiro atoms. The fourth-order valence-corrected chi connectivity index (χ4v) is 3.38. The molecule has 6 nitrogen and oxygen atoms in total. The summed E-state index contributed by atoms with van der Waals surface area (Å²) in [5.74, 6) is 1.31. The van der Waals surface area contributed by atoms with Gasteiger partial charge in [-0.3, -0.25) is 9.48 Å². The first kappa shape index (κ1) is 21.3. The van der Waals surface area contributed by atoms with Crippen LogP contribution in [0.1, 0.15) is 21.9 Å². The minimum absolute atomic E-state index is 0.157. The van der Waals surface area contributed by atoms with E-state index in [0.29, 0.717) is 38.9 Å². The maximum atomic E-state index is 12.5. The summed E-state index contributed by atoms with van der Waals surface area (Å²) in [7, 11) is 0. The number of nitrogens with one attached hydrogen (secondary N) is 1. The standard InChI is InChI=1S/C22H16Cl3N3O3/c23-15-3-5-17(6-4-15)30-13-18-7-8-20(31-18)22(29)26-21-9-10-28(27-21)12-14-1-2-16(24)11-19(14)25/h1-11H,12-13H2,(H,26,27,29). The number of nitrogens with zero attached hydrogens (tertiary/aromatic N) is 2. The Hall–Kier alpha value is -2.93. The van der Waals surface area contributed by atoms with E-state index in [-0.39, 0.29) is 12.4 Å². The second kappa shape index (κ2) is 9.47. The Morgan fingerprint density at radius 3 is 2.55 bits per heavy atom. The van der Waals surface area contributed by atoms with Gasteiger partial charge in [0, 0.05) is 27.3 Å². The van der Waals surface area contributed by atoms with Crippen LogP contribution in [0, 0.1) is 0 Å². The molecular weight excluding hydrogens is 461 g/mol. The zero-order valence-corrected chi connectivity index (χ0v) is 18.3. The van der Waals surface area contributed by atoms with E-state index in [1.165, 1.54) is 0 Å². The third-order valence-corrected chi connectivity index (χ3v) is 5.15. The summed E-state index contributed by atoms with van der Waals surface area (Å²) in [6, 6.07) is 17.2. The van der Waals surface area contributed by atoms with Crippen molar-refractivity contribution in [2.45, 2.75) is 13.2 Å². The molecule has 0 aliphatic heterocycles. The third kappa shape index (κ3) is 5.61. The van der Waals surface area contributed by atoms with E-state index < -0.39 is 5.91 Å². The Morgan fingerprint density at radius 1 is 1.00 bits per heavy atom. The van der Waals surface area contributed by atoms with Gasteiger partial charge in [0.25, 0.3) is 5.91 Å². The minimum atomic E-state index is -0.410. The van der Waals surface area contributed by atoms with E-state index in [1.807, 2.05) is 6.07 Å². The summed E-state index contributed by atoms with van der Waals surface area (Å²) in [6.07, 6.45) is 1.74. The number of benzene rings is 2. The van der Waals surface area contributed by atoms with Gasteiger partial charge in [-0.05, 0) is 54.1 Å². The summed E-state index contributed by atoms with van der Waals surface area (Å²) in [5, 5.41) is 8.80. The van der Waals surface area contributed by atoms with Gasteiger partial charge >= 0.3 is 0 Å². The number of hydrogen-bond acceptors (Lipinski definition) is 4. The van der Waals surface area contributed by atoms with Gasteiger partial charge in [-0.2, -0.15) is 5.10 Å². The van der Waals surface area contributed by atoms with Gasteiger partial charge in [0.15, 0.2) is 11.6 Å². The Bertz CT molecular complexity index is 1200. The van der Waals surface area contributed by atoms with Crippen LogP contribution in [-0.4, -0.2) is 15.7 Å². The van der Waals surface area contributed by atoms with Gasteiger partial charge in [-0.25, -0.2) is 0 Å². The minimum Gasteiger partial charge on any atom is -0.486 e. The highest BCUT2D eigenvalue weighted by Gasteiger charge is 2.14. The summed E-state index contributed by atoms with van der Waals surface area (Å²) in [4.78, 5) is 12.5. The Kier molecular flexibility index (Phi) is 6.51. The molecule has 0 unspecified atom stereocenters. The van der Waals surface area contributed by atoms with Crippen molar-refractivity contribution in [3.63, 3.8) is 0 Å². The highest BCUT2D eigenvalue weighted by Crippen LogP contribution is 2.22. The van der Waals surface area contributed by atoms with Crippen LogP contribution in [-0.2, 0) is 13.2 Å². The smallest absolute Gasteiger partial charge is 0.292 e. The summed E-state index contributed by atoms with van der Waals surface area (Å²) >= 11 is 18.0. The van der Waals surface area contributed by atoms with E-state index in [9.17, 15) is 4.79 Å². The van der Waals surface area contributed by atoms with Crippen LogP contribution in [0.4, 0.5) is 5.82 Å². The molecule has 2 aromatic carbocycles. The molecule has 0 radical (unpaired) electrons. The molecule has 0 aliphatic rings. The van der Waals surface area contributed by atoms with E-state index in [1.54, 1.807) is 65.5 Å². The molecule has 0 saturated carbocycles. The van der Waals surface area contributed by atoms with E-state index in [4.69, 9.17) is 44.0 Å². The van der Waals surface area contributed by atoms with E-state index in [2.05, 4.69) is 10.4 Å². The van der Waals surface area contributed by atoms with Crippen molar-refractivity contribution < 1.29 is 13.9 Å². The quantitative estimate of drug-likeness (QED) is 0.339. The molecule has 0 saturated heterocycles. The number of carbonyl (C=O) groups excluding carboxylic acids is 1. The van der Waals surface area contributed by atoms with Gasteiger partial charge in [0.05, 0.1) is 6.54 Å². The highest BCUT2D eigenvalue weighted by molar-refractivity contribution is 6.35. The molecule has 4 rings (SSSR count). The van der Waals surface area contributed by atoms with Crippen LogP contribution < -0.4 is 10.1 Å². The molecule has 0 aliphatic carbocycles. The van der Waals surface area contributed by atoms with Crippen LogP contribution in [0.3, 0.4) is 0 Å². The molecule has 158 valence electrons. The van der Waals surface area contributed by atoms with Crippen molar-refractivity contribution in [3.8, 4) is 5.75 Å². The molecule has 31 heavy (non-hydrogen) atoms. The number of halogens is 3. The molecule has 2 aromatic heterocycles. The van der Waals surface area contributed by atoms with Crippen LogP contribution in [0.15, 0.2) is 71.3 Å². The molecule has 1 N–H and O–H groups in total. The van der Waals surface area contributed by atoms with Crippen molar-refractivity contribution in [2.75, 3.05) is 5.32 Å². The highest BCUT2D eigenvalue weighted by atomic mass is 35.5. The van der Waals surface area contributed by atoms with Gasteiger partial charge in [0.2, 0.25) is 0 Å². The fraction of sp³-hybridized carbons (Fsp3) is 0.0909. The van der Waals surface area contributed by atoms with Gasteiger partial charge < -0.3 is 14.5 Å². The van der Waals surface area contributed by atoms with E-state index >= 15 is 0 Å². The molecule has 1 amide bonds. The Balaban J connectivity index is 1.34. The van der Waals surface area contributed by atoms with Crippen LogP contribution >= 0.6 is 34.8 Å². The number of aromatic nitrogens is 2. The van der Waals surface area contributed by atoms with Crippen molar-refractivity contribution >= 4 is 46.5 Å². The number of rotatable bonds is 7. The lowest BCUT2D eigenvalue weighted by atomic mass is 10.2. The molecule has 0 bridgehead atoms. The van der Waals surface area contributed by atoms with E-state index in [0.717, 1.165) is 5.56 Å². The lowest BCUT2D eigenvalue weighted by Gasteiger charge is -2.05. The Labute approximate surface area is 193 Å². The number of furan rings is 1. The van der Waals surface area contributed by atoms with Crippen LogP contribution in [0.25, 0.3) is 0 Å². The number of ether oxygens (including phenoxy) is 1. The first-order valence-corrected chi connectivity index (χ1v) is 10.4. The SMILES string of the molecule is O=C(Nc1ccn(Cc2ccc(Cl)cc2Cl)n1)c1ccc(COc2ccc(Cl)cc2)o1. The molecular formula is C22H16Cl3N3O3.